The Labute approximate surface area is 139 Å². The number of ether oxygens (including phenoxy) is 2. The van der Waals surface area contributed by atoms with Gasteiger partial charge in [0.25, 0.3) is 0 Å². The quantitative estimate of drug-likeness (QED) is 0.472. The fraction of sp³-hybridized carbons (Fsp3) is 0.611. The summed E-state index contributed by atoms with van der Waals surface area (Å²) < 4.78 is 10.6. The van der Waals surface area contributed by atoms with Gasteiger partial charge >= 0.3 is 5.97 Å². The Morgan fingerprint density at radius 2 is 1.91 bits per heavy atom. The summed E-state index contributed by atoms with van der Waals surface area (Å²) in [6.07, 6.45) is 0.449. The lowest BCUT2D eigenvalue weighted by atomic mass is 10.2. The molecule has 0 spiro atoms. The Balaban J connectivity index is 2.02. The molecule has 1 aromatic rings. The van der Waals surface area contributed by atoms with Crippen LogP contribution in [-0.2, 0) is 20.9 Å². The highest BCUT2D eigenvalue weighted by Gasteiger charge is 2.09. The van der Waals surface area contributed by atoms with Crippen LogP contribution in [0, 0.1) is 0 Å². The van der Waals surface area contributed by atoms with Crippen LogP contribution in [-0.4, -0.2) is 54.9 Å². The number of likely N-dealkylation sites (N-methyl/N-ethyl adjacent to an activating group) is 1. The SMILES string of the molecule is CCN(CC)CC(O)COCCCC(=O)OCc1ccccc1. The van der Waals surface area contributed by atoms with Crippen molar-refractivity contribution < 1.29 is 19.4 Å². The third kappa shape index (κ3) is 9.33. The van der Waals surface area contributed by atoms with Crippen molar-refractivity contribution in [2.45, 2.75) is 39.4 Å². The number of rotatable bonds is 12. The molecule has 0 saturated carbocycles. The van der Waals surface area contributed by atoms with Crippen molar-refractivity contribution in [2.75, 3.05) is 32.8 Å². The average Bonchev–Trinajstić information content (AvgIpc) is 2.58. The average molecular weight is 323 g/mol. The summed E-state index contributed by atoms with van der Waals surface area (Å²) in [4.78, 5) is 13.8. The first-order chi connectivity index (χ1) is 11.2. The molecule has 130 valence electrons. The molecular formula is C18H29NO4. The maximum atomic E-state index is 11.6. The summed E-state index contributed by atoms with van der Waals surface area (Å²) in [5.41, 5.74) is 0.983. The zero-order chi connectivity index (χ0) is 16.9. The van der Waals surface area contributed by atoms with Gasteiger partial charge in [0.1, 0.15) is 6.61 Å². The monoisotopic (exact) mass is 323 g/mol. The number of esters is 1. The van der Waals surface area contributed by atoms with Gasteiger partial charge in [-0.1, -0.05) is 44.2 Å². The van der Waals surface area contributed by atoms with Crippen LogP contribution in [0.15, 0.2) is 30.3 Å². The number of carbonyl (C=O) groups excluding carboxylic acids is 1. The zero-order valence-corrected chi connectivity index (χ0v) is 14.2. The van der Waals surface area contributed by atoms with E-state index >= 15 is 0 Å². The summed E-state index contributed by atoms with van der Waals surface area (Å²) in [5, 5.41) is 9.84. The topological polar surface area (TPSA) is 59.0 Å². The van der Waals surface area contributed by atoms with Crippen LogP contribution < -0.4 is 0 Å². The second kappa shape index (κ2) is 12.0. The largest absolute Gasteiger partial charge is 0.461 e. The van der Waals surface area contributed by atoms with Crippen LogP contribution >= 0.6 is 0 Å². The normalized spacial score (nSPS) is 12.3. The number of carbonyl (C=O) groups is 1. The molecule has 1 N–H and O–H groups in total. The first-order valence-electron chi connectivity index (χ1n) is 8.33. The van der Waals surface area contributed by atoms with Crippen LogP contribution in [0.4, 0.5) is 0 Å². The van der Waals surface area contributed by atoms with Crippen molar-refractivity contribution in [3.8, 4) is 0 Å². The Morgan fingerprint density at radius 3 is 2.57 bits per heavy atom. The molecule has 0 aliphatic heterocycles. The van der Waals surface area contributed by atoms with Gasteiger partial charge in [0.05, 0.1) is 12.7 Å². The highest BCUT2D eigenvalue weighted by molar-refractivity contribution is 5.69. The first kappa shape index (κ1) is 19.6. The van der Waals surface area contributed by atoms with Crippen molar-refractivity contribution in [1.82, 2.24) is 4.90 Å². The highest BCUT2D eigenvalue weighted by atomic mass is 16.5. The molecule has 0 radical (unpaired) electrons. The number of benzene rings is 1. The van der Waals surface area contributed by atoms with Gasteiger partial charge in [0.2, 0.25) is 0 Å². The Hall–Kier alpha value is -1.43. The molecule has 5 nitrogen and oxygen atoms in total. The van der Waals surface area contributed by atoms with E-state index in [2.05, 4.69) is 18.7 Å². The number of nitrogens with zero attached hydrogens (tertiary/aromatic N) is 1. The van der Waals surface area contributed by atoms with Gasteiger partial charge in [-0.2, -0.15) is 0 Å². The summed E-state index contributed by atoms with van der Waals surface area (Å²) in [6, 6.07) is 9.61. The Kier molecular flexibility index (Phi) is 10.3. The van der Waals surface area contributed by atoms with Crippen LogP contribution in [0.3, 0.4) is 0 Å². The number of aliphatic hydroxyl groups is 1. The highest BCUT2D eigenvalue weighted by Crippen LogP contribution is 2.03. The number of hydrogen-bond acceptors (Lipinski definition) is 5. The zero-order valence-electron chi connectivity index (χ0n) is 14.2. The molecule has 5 heteroatoms. The molecule has 1 aromatic carbocycles. The number of aliphatic hydroxyl groups excluding tert-OH is 1. The van der Waals surface area contributed by atoms with Gasteiger partial charge in [-0.05, 0) is 25.1 Å². The second-order valence-electron chi connectivity index (χ2n) is 5.46. The van der Waals surface area contributed by atoms with Crippen molar-refractivity contribution in [3.63, 3.8) is 0 Å². The van der Waals surface area contributed by atoms with E-state index in [-0.39, 0.29) is 5.97 Å². The fourth-order valence-corrected chi connectivity index (χ4v) is 2.18. The summed E-state index contributed by atoms with van der Waals surface area (Å²) >= 11 is 0. The predicted octanol–water partition coefficient (Wildman–Crippen LogP) is 2.23. The molecule has 0 aromatic heterocycles. The lowest BCUT2D eigenvalue weighted by molar-refractivity contribution is -0.145. The molecule has 0 heterocycles. The summed E-state index contributed by atoms with van der Waals surface area (Å²) in [5.74, 6) is -0.221. The van der Waals surface area contributed by atoms with E-state index in [9.17, 15) is 9.90 Å². The predicted molar refractivity (Wildman–Crippen MR) is 90.1 cm³/mol. The van der Waals surface area contributed by atoms with Gasteiger partial charge in [0.15, 0.2) is 0 Å². The minimum absolute atomic E-state index is 0.221. The molecule has 23 heavy (non-hydrogen) atoms. The molecule has 0 bridgehead atoms. The molecular weight excluding hydrogens is 294 g/mol. The van der Waals surface area contributed by atoms with E-state index in [1.165, 1.54) is 0 Å². The minimum atomic E-state index is -0.486. The number of hydrogen-bond donors (Lipinski definition) is 1. The van der Waals surface area contributed by atoms with Gasteiger partial charge in [0, 0.05) is 19.6 Å². The third-order valence-corrected chi connectivity index (χ3v) is 3.59. The van der Waals surface area contributed by atoms with Crippen LogP contribution in [0.5, 0.6) is 0 Å². The van der Waals surface area contributed by atoms with E-state index in [0.717, 1.165) is 18.7 Å². The molecule has 1 atom stereocenters. The van der Waals surface area contributed by atoms with Gasteiger partial charge in [-0.3, -0.25) is 4.79 Å². The van der Waals surface area contributed by atoms with Gasteiger partial charge in [-0.25, -0.2) is 0 Å². The van der Waals surface area contributed by atoms with Crippen LogP contribution in [0.2, 0.25) is 0 Å². The summed E-state index contributed by atoms with van der Waals surface area (Å²) in [6.45, 7) is 7.65. The van der Waals surface area contributed by atoms with Crippen molar-refractivity contribution in [1.29, 1.82) is 0 Å². The lowest BCUT2D eigenvalue weighted by Crippen LogP contribution is -2.34. The lowest BCUT2D eigenvalue weighted by Gasteiger charge is -2.21. The third-order valence-electron chi connectivity index (χ3n) is 3.59. The van der Waals surface area contributed by atoms with Crippen LogP contribution in [0.1, 0.15) is 32.3 Å². The van der Waals surface area contributed by atoms with Crippen LogP contribution in [0.25, 0.3) is 0 Å². The Morgan fingerprint density at radius 1 is 1.22 bits per heavy atom. The molecule has 1 unspecified atom stereocenters. The van der Waals surface area contributed by atoms with Crippen molar-refractivity contribution >= 4 is 5.97 Å². The van der Waals surface area contributed by atoms with Crippen molar-refractivity contribution in [2.24, 2.45) is 0 Å². The smallest absolute Gasteiger partial charge is 0.306 e. The maximum absolute atomic E-state index is 11.6. The molecule has 0 fully saturated rings. The summed E-state index contributed by atoms with van der Waals surface area (Å²) in [7, 11) is 0. The van der Waals surface area contributed by atoms with Gasteiger partial charge in [-0.15, -0.1) is 0 Å². The molecule has 0 aliphatic rings. The fourth-order valence-electron chi connectivity index (χ4n) is 2.18. The van der Waals surface area contributed by atoms with E-state index in [0.29, 0.717) is 39.2 Å². The van der Waals surface area contributed by atoms with E-state index in [1.807, 2.05) is 30.3 Å². The molecule has 0 amide bonds. The van der Waals surface area contributed by atoms with Crippen molar-refractivity contribution in [3.05, 3.63) is 35.9 Å². The molecule has 1 rings (SSSR count). The van der Waals surface area contributed by atoms with Gasteiger partial charge < -0.3 is 19.5 Å². The molecule has 0 saturated heterocycles. The van der Waals surface area contributed by atoms with E-state index in [4.69, 9.17) is 9.47 Å². The Bertz CT molecular complexity index is 420. The molecule has 0 aliphatic carbocycles. The van der Waals surface area contributed by atoms with E-state index < -0.39 is 6.10 Å². The first-order valence-corrected chi connectivity index (χ1v) is 8.33. The maximum Gasteiger partial charge on any atom is 0.306 e. The standard InChI is InChI=1S/C18H29NO4/c1-3-19(4-2)13-17(20)15-22-12-8-11-18(21)23-14-16-9-6-5-7-10-16/h5-7,9-10,17,20H,3-4,8,11-15H2,1-2H3. The minimum Gasteiger partial charge on any atom is -0.461 e. The van der Waals surface area contributed by atoms with E-state index in [1.54, 1.807) is 0 Å². The second-order valence-corrected chi connectivity index (χ2v) is 5.46.